The second kappa shape index (κ2) is 7.92. The topological polar surface area (TPSA) is 50.4 Å². The molecule has 1 atom stereocenters. The first-order valence-electron chi connectivity index (χ1n) is 7.66. The molecular weight excluding hydrogens is 308 g/mol. The maximum atomic E-state index is 12.4. The van der Waals surface area contributed by atoms with Gasteiger partial charge in [0.15, 0.2) is 5.11 Å². The number of nitrogens with one attached hydrogen (secondary N) is 2. The van der Waals surface area contributed by atoms with E-state index in [2.05, 4.69) is 10.6 Å². The highest BCUT2D eigenvalue weighted by Gasteiger charge is 2.28. The zero-order valence-electron chi connectivity index (χ0n) is 13.6. The molecule has 0 radical (unpaired) electrons. The van der Waals surface area contributed by atoms with Gasteiger partial charge in [0.25, 0.3) is 0 Å². The number of carbonyl (C=O) groups excluding carboxylic acids is 1. The van der Waals surface area contributed by atoms with Crippen molar-refractivity contribution in [2.75, 3.05) is 6.61 Å². The summed E-state index contributed by atoms with van der Waals surface area (Å²) in [6, 6.07) is 9.61. The number of allylic oxidation sites excluding steroid dienone is 1. The monoisotopic (exact) mass is 330 g/mol. The molecule has 0 aromatic heterocycles. The quantitative estimate of drug-likeness (QED) is 0.642. The van der Waals surface area contributed by atoms with Crippen LogP contribution in [0.25, 0.3) is 6.08 Å². The Morgan fingerprint density at radius 3 is 2.70 bits per heavy atom. The predicted molar refractivity (Wildman–Crippen MR) is 96.6 cm³/mol. The van der Waals surface area contributed by atoms with Crippen LogP contribution in [0.4, 0.5) is 0 Å². The number of carbonyl (C=O) groups is 1. The van der Waals surface area contributed by atoms with Gasteiger partial charge in [0.1, 0.15) is 0 Å². The zero-order chi connectivity index (χ0) is 16.8. The molecule has 23 heavy (non-hydrogen) atoms. The van der Waals surface area contributed by atoms with Crippen molar-refractivity contribution in [3.63, 3.8) is 0 Å². The van der Waals surface area contributed by atoms with Crippen LogP contribution in [0, 0.1) is 5.92 Å². The molecule has 122 valence electrons. The summed E-state index contributed by atoms with van der Waals surface area (Å²) < 4.78 is 5.38. The molecule has 0 bridgehead atoms. The van der Waals surface area contributed by atoms with Crippen LogP contribution in [0.5, 0.6) is 0 Å². The number of esters is 1. The van der Waals surface area contributed by atoms with E-state index in [4.69, 9.17) is 17.0 Å². The van der Waals surface area contributed by atoms with Gasteiger partial charge in [0.2, 0.25) is 0 Å². The third-order valence-electron chi connectivity index (χ3n) is 3.35. The summed E-state index contributed by atoms with van der Waals surface area (Å²) in [5.74, 6) is -0.0230. The predicted octanol–water partition coefficient (Wildman–Crippen LogP) is 3.02. The first-order chi connectivity index (χ1) is 11.0. The summed E-state index contributed by atoms with van der Waals surface area (Å²) in [7, 11) is 0. The maximum Gasteiger partial charge on any atom is 0.338 e. The van der Waals surface area contributed by atoms with Gasteiger partial charge in [-0.05, 0) is 30.6 Å². The molecule has 1 unspecified atom stereocenters. The first kappa shape index (κ1) is 17.2. The van der Waals surface area contributed by atoms with Crippen LogP contribution in [0.3, 0.4) is 0 Å². The van der Waals surface area contributed by atoms with Gasteiger partial charge in [0.05, 0.1) is 18.2 Å². The number of benzene rings is 1. The molecule has 0 aliphatic carbocycles. The SMILES string of the molecule is CC1=C(C(=O)OCC(C)C)C(C=Cc2ccccc2)NC(=S)N1. The molecule has 0 saturated carbocycles. The summed E-state index contributed by atoms with van der Waals surface area (Å²) in [4.78, 5) is 12.4. The average Bonchev–Trinajstić information content (AvgIpc) is 2.51. The Labute approximate surface area is 142 Å². The number of ether oxygens (including phenoxy) is 1. The summed E-state index contributed by atoms with van der Waals surface area (Å²) in [6.07, 6.45) is 3.90. The molecule has 0 fully saturated rings. The van der Waals surface area contributed by atoms with Crippen molar-refractivity contribution >= 4 is 29.4 Å². The van der Waals surface area contributed by atoms with Crippen LogP contribution >= 0.6 is 12.2 Å². The third kappa shape index (κ3) is 4.93. The average molecular weight is 330 g/mol. The van der Waals surface area contributed by atoms with E-state index in [1.54, 1.807) is 0 Å². The molecule has 1 aromatic rings. The minimum absolute atomic E-state index is 0.295. The zero-order valence-corrected chi connectivity index (χ0v) is 14.4. The lowest BCUT2D eigenvalue weighted by Gasteiger charge is -2.27. The van der Waals surface area contributed by atoms with Crippen molar-refractivity contribution in [2.45, 2.75) is 26.8 Å². The number of hydrogen-bond donors (Lipinski definition) is 2. The second-order valence-corrected chi connectivity index (χ2v) is 6.29. The van der Waals surface area contributed by atoms with Crippen molar-refractivity contribution < 1.29 is 9.53 Å². The van der Waals surface area contributed by atoms with E-state index in [1.807, 2.05) is 63.3 Å². The standard InChI is InChI=1S/C18H22N2O2S/c1-12(2)11-22-17(21)16-13(3)19-18(23)20-15(16)10-9-14-7-5-4-6-8-14/h4-10,12,15H,11H2,1-3H3,(H2,19,20,23). The Morgan fingerprint density at radius 2 is 2.04 bits per heavy atom. The molecule has 4 nitrogen and oxygen atoms in total. The Balaban J connectivity index is 2.20. The normalized spacial score (nSPS) is 18.1. The molecule has 2 N–H and O–H groups in total. The fourth-order valence-corrected chi connectivity index (χ4v) is 2.52. The molecule has 2 rings (SSSR count). The highest BCUT2D eigenvalue weighted by atomic mass is 32.1. The van der Waals surface area contributed by atoms with Gasteiger partial charge in [-0.3, -0.25) is 0 Å². The smallest absolute Gasteiger partial charge is 0.338 e. The summed E-state index contributed by atoms with van der Waals surface area (Å²) >= 11 is 5.19. The summed E-state index contributed by atoms with van der Waals surface area (Å²) in [6.45, 7) is 6.25. The Kier molecular flexibility index (Phi) is 5.93. The largest absolute Gasteiger partial charge is 0.462 e. The minimum atomic E-state index is -0.318. The van der Waals surface area contributed by atoms with Gasteiger partial charge in [-0.15, -0.1) is 0 Å². The van der Waals surface area contributed by atoms with Crippen molar-refractivity contribution in [1.82, 2.24) is 10.6 Å². The number of thiocarbonyl (C=S) groups is 1. The van der Waals surface area contributed by atoms with Crippen molar-refractivity contribution in [3.05, 3.63) is 53.2 Å². The van der Waals surface area contributed by atoms with Gasteiger partial charge in [0, 0.05) is 5.70 Å². The highest BCUT2D eigenvalue weighted by molar-refractivity contribution is 7.80. The fraction of sp³-hybridized carbons (Fsp3) is 0.333. The van der Waals surface area contributed by atoms with Crippen LogP contribution in [0.15, 0.2) is 47.7 Å². The molecule has 1 heterocycles. The Bertz CT molecular complexity index is 636. The van der Waals surface area contributed by atoms with Crippen molar-refractivity contribution in [2.24, 2.45) is 5.92 Å². The number of hydrogen-bond acceptors (Lipinski definition) is 3. The highest BCUT2D eigenvalue weighted by Crippen LogP contribution is 2.17. The lowest BCUT2D eigenvalue weighted by molar-refractivity contribution is -0.140. The molecule has 1 aromatic carbocycles. The van der Waals surface area contributed by atoms with Gasteiger partial charge < -0.3 is 15.4 Å². The van der Waals surface area contributed by atoms with Crippen LogP contribution in [-0.4, -0.2) is 23.7 Å². The Morgan fingerprint density at radius 1 is 1.35 bits per heavy atom. The van der Waals surface area contributed by atoms with Gasteiger partial charge in [-0.25, -0.2) is 4.79 Å². The van der Waals surface area contributed by atoms with E-state index < -0.39 is 0 Å². The number of rotatable bonds is 5. The Hall–Kier alpha value is -2.14. The minimum Gasteiger partial charge on any atom is -0.462 e. The van der Waals surface area contributed by atoms with E-state index >= 15 is 0 Å². The van der Waals surface area contributed by atoms with Gasteiger partial charge in [-0.2, -0.15) is 0 Å². The summed E-state index contributed by atoms with van der Waals surface area (Å²) in [5.41, 5.74) is 2.35. The molecule has 1 aliphatic rings. The molecule has 5 heteroatoms. The van der Waals surface area contributed by atoms with E-state index in [0.29, 0.717) is 23.2 Å². The van der Waals surface area contributed by atoms with Crippen molar-refractivity contribution in [1.29, 1.82) is 0 Å². The summed E-state index contributed by atoms with van der Waals surface area (Å²) in [5, 5.41) is 6.61. The van der Waals surface area contributed by atoms with Crippen LogP contribution in [-0.2, 0) is 9.53 Å². The molecule has 1 aliphatic heterocycles. The van der Waals surface area contributed by atoms with E-state index in [1.165, 1.54) is 0 Å². The fourth-order valence-electron chi connectivity index (χ4n) is 2.24. The van der Waals surface area contributed by atoms with Gasteiger partial charge in [-0.1, -0.05) is 56.3 Å². The third-order valence-corrected chi connectivity index (χ3v) is 3.57. The van der Waals surface area contributed by atoms with Crippen LogP contribution in [0.2, 0.25) is 0 Å². The lowest BCUT2D eigenvalue weighted by Crippen LogP contribution is -2.49. The van der Waals surface area contributed by atoms with E-state index in [9.17, 15) is 4.79 Å². The van der Waals surface area contributed by atoms with E-state index in [-0.39, 0.29) is 12.0 Å². The second-order valence-electron chi connectivity index (χ2n) is 5.88. The lowest BCUT2D eigenvalue weighted by atomic mass is 10.0. The molecule has 0 spiro atoms. The first-order valence-corrected chi connectivity index (χ1v) is 8.07. The van der Waals surface area contributed by atoms with Gasteiger partial charge >= 0.3 is 5.97 Å². The van der Waals surface area contributed by atoms with Crippen LogP contribution in [0.1, 0.15) is 26.3 Å². The molecule has 0 saturated heterocycles. The van der Waals surface area contributed by atoms with Crippen molar-refractivity contribution in [3.8, 4) is 0 Å². The van der Waals surface area contributed by atoms with E-state index in [0.717, 1.165) is 11.3 Å². The maximum absolute atomic E-state index is 12.4. The van der Waals surface area contributed by atoms with Crippen LogP contribution < -0.4 is 10.6 Å². The molecular formula is C18H22N2O2S. The molecule has 0 amide bonds.